The highest BCUT2D eigenvalue weighted by atomic mass is 32.2. The molecule has 0 aromatic heterocycles. The Morgan fingerprint density at radius 2 is 1.63 bits per heavy atom. The molecule has 0 spiro atoms. The molecule has 1 amide bonds. The van der Waals surface area contributed by atoms with E-state index in [9.17, 15) is 13.2 Å². The Kier molecular flexibility index (Phi) is 5.19. The zero-order valence-corrected chi connectivity index (χ0v) is 17.0. The lowest BCUT2D eigenvalue weighted by Gasteiger charge is -2.37. The number of carbonyl (C=O) groups excluding carboxylic acids is 1. The monoisotopic (exact) mass is 390 g/mol. The van der Waals surface area contributed by atoms with Crippen molar-refractivity contribution in [3.63, 3.8) is 0 Å². The maximum Gasteiger partial charge on any atom is 0.254 e. The van der Waals surface area contributed by atoms with Gasteiger partial charge in [-0.1, -0.05) is 13.3 Å². The van der Waals surface area contributed by atoms with Crippen molar-refractivity contribution in [3.05, 3.63) is 29.8 Å². The lowest BCUT2D eigenvalue weighted by atomic mass is 9.83. The molecule has 6 heteroatoms. The third kappa shape index (κ3) is 3.86. The van der Waals surface area contributed by atoms with Gasteiger partial charge in [-0.3, -0.25) is 9.10 Å². The molecule has 3 fully saturated rings. The van der Waals surface area contributed by atoms with E-state index in [2.05, 4.69) is 11.8 Å². The van der Waals surface area contributed by atoms with Crippen molar-refractivity contribution in [2.75, 3.05) is 16.6 Å². The Morgan fingerprint density at radius 3 is 2.11 bits per heavy atom. The summed E-state index contributed by atoms with van der Waals surface area (Å²) in [5.41, 5.74) is 1.35. The summed E-state index contributed by atoms with van der Waals surface area (Å²) in [6.45, 7) is 2.79. The van der Waals surface area contributed by atoms with Crippen molar-refractivity contribution in [1.29, 1.82) is 0 Å². The molecule has 2 saturated carbocycles. The van der Waals surface area contributed by atoms with Crippen LogP contribution in [0.4, 0.5) is 5.69 Å². The lowest BCUT2D eigenvalue weighted by molar-refractivity contribution is 0.0587. The molecule has 0 bridgehead atoms. The molecule has 1 saturated heterocycles. The molecule has 0 atom stereocenters. The van der Waals surface area contributed by atoms with Crippen molar-refractivity contribution >= 4 is 21.6 Å². The summed E-state index contributed by atoms with van der Waals surface area (Å²) < 4.78 is 25.7. The van der Waals surface area contributed by atoms with Crippen LogP contribution >= 0.6 is 0 Å². The van der Waals surface area contributed by atoms with Gasteiger partial charge in [0.05, 0.1) is 11.4 Å². The Labute approximate surface area is 162 Å². The average Bonchev–Trinajstić information content (AvgIpc) is 3.44. The normalized spacial score (nSPS) is 27.5. The van der Waals surface area contributed by atoms with Gasteiger partial charge in [-0.05, 0) is 75.1 Å². The number of hydrogen-bond acceptors (Lipinski definition) is 3. The van der Waals surface area contributed by atoms with Crippen LogP contribution in [0.5, 0.6) is 0 Å². The summed E-state index contributed by atoms with van der Waals surface area (Å²) in [6.07, 6.45) is 8.82. The van der Waals surface area contributed by atoms with Crippen LogP contribution in [0.25, 0.3) is 0 Å². The first-order valence-corrected chi connectivity index (χ1v) is 12.0. The Balaban J connectivity index is 1.49. The number of amides is 1. The summed E-state index contributed by atoms with van der Waals surface area (Å²) in [6, 6.07) is 7.95. The van der Waals surface area contributed by atoms with E-state index < -0.39 is 10.0 Å². The maximum absolute atomic E-state index is 13.2. The van der Waals surface area contributed by atoms with Crippen LogP contribution in [0.1, 0.15) is 68.6 Å². The molecular formula is C21H30N2O3S. The van der Waals surface area contributed by atoms with E-state index in [4.69, 9.17) is 0 Å². The second-order valence-electron chi connectivity index (χ2n) is 8.31. The van der Waals surface area contributed by atoms with E-state index in [1.165, 1.54) is 23.6 Å². The van der Waals surface area contributed by atoms with Crippen molar-refractivity contribution in [3.8, 4) is 0 Å². The smallest absolute Gasteiger partial charge is 0.254 e. The van der Waals surface area contributed by atoms with Gasteiger partial charge >= 0.3 is 0 Å². The van der Waals surface area contributed by atoms with Crippen LogP contribution in [-0.2, 0) is 10.0 Å². The molecule has 5 nitrogen and oxygen atoms in total. The third-order valence-electron chi connectivity index (χ3n) is 6.46. The van der Waals surface area contributed by atoms with Crippen LogP contribution in [0.2, 0.25) is 0 Å². The fraction of sp³-hybridized carbons (Fsp3) is 0.667. The predicted octanol–water partition coefficient (Wildman–Crippen LogP) is 3.80. The number of hydrogen-bond donors (Lipinski definition) is 0. The molecule has 148 valence electrons. The molecule has 0 unspecified atom stereocenters. The van der Waals surface area contributed by atoms with E-state index >= 15 is 0 Å². The van der Waals surface area contributed by atoms with Gasteiger partial charge in [0.15, 0.2) is 0 Å². The second-order valence-corrected chi connectivity index (χ2v) is 10.3. The highest BCUT2D eigenvalue weighted by Crippen LogP contribution is 2.37. The fourth-order valence-corrected chi connectivity index (χ4v) is 6.23. The van der Waals surface area contributed by atoms with Crippen LogP contribution in [0, 0.1) is 5.92 Å². The van der Waals surface area contributed by atoms with Crippen LogP contribution in [0.3, 0.4) is 0 Å². The standard InChI is InChI=1S/C21H30N2O3S/c1-2-16-4-8-19(9-5-16)23(20-12-13-20)21(24)17-6-10-18(11-7-17)22-14-3-15-27(22,25)26/h6-7,10-11,16,19-20H,2-5,8-9,12-15H2,1H3. The molecule has 0 radical (unpaired) electrons. The molecule has 3 aliphatic rings. The summed E-state index contributed by atoms with van der Waals surface area (Å²) in [5.74, 6) is 1.15. The molecule has 1 aliphatic heterocycles. The number of anilines is 1. The molecule has 27 heavy (non-hydrogen) atoms. The number of nitrogens with zero attached hydrogens (tertiary/aromatic N) is 2. The van der Waals surface area contributed by atoms with E-state index in [0.717, 1.165) is 31.6 Å². The van der Waals surface area contributed by atoms with Gasteiger partial charge in [0, 0.05) is 24.2 Å². The first kappa shape index (κ1) is 18.8. The first-order chi connectivity index (χ1) is 13.0. The highest BCUT2D eigenvalue weighted by Gasteiger charge is 2.39. The average molecular weight is 391 g/mol. The van der Waals surface area contributed by atoms with Gasteiger partial charge in [-0.2, -0.15) is 0 Å². The van der Waals surface area contributed by atoms with Gasteiger partial charge in [0.2, 0.25) is 10.0 Å². The maximum atomic E-state index is 13.2. The lowest BCUT2D eigenvalue weighted by Crippen LogP contribution is -2.43. The second kappa shape index (κ2) is 7.46. The minimum atomic E-state index is -3.18. The van der Waals surface area contributed by atoms with Gasteiger partial charge in [0.1, 0.15) is 0 Å². The van der Waals surface area contributed by atoms with Gasteiger partial charge in [-0.25, -0.2) is 8.42 Å². The van der Waals surface area contributed by atoms with Crippen LogP contribution in [0.15, 0.2) is 24.3 Å². The molecule has 1 heterocycles. The third-order valence-corrected chi connectivity index (χ3v) is 8.33. The van der Waals surface area contributed by atoms with E-state index in [-0.39, 0.29) is 11.7 Å². The molecular weight excluding hydrogens is 360 g/mol. The minimum absolute atomic E-state index is 0.119. The largest absolute Gasteiger partial charge is 0.333 e. The van der Waals surface area contributed by atoms with E-state index in [1.54, 1.807) is 24.3 Å². The SMILES string of the molecule is CCC1CCC(N(C(=O)c2ccc(N3CCCS3(=O)=O)cc2)C2CC2)CC1. The number of carbonyl (C=O) groups is 1. The zero-order valence-electron chi connectivity index (χ0n) is 16.1. The first-order valence-electron chi connectivity index (χ1n) is 10.4. The molecule has 4 rings (SSSR count). The zero-order chi connectivity index (χ0) is 19.0. The molecule has 1 aromatic rings. The summed E-state index contributed by atoms with van der Waals surface area (Å²) in [4.78, 5) is 15.4. The summed E-state index contributed by atoms with van der Waals surface area (Å²) in [7, 11) is -3.18. The molecule has 2 aliphatic carbocycles. The van der Waals surface area contributed by atoms with Crippen LogP contribution in [-0.4, -0.2) is 43.6 Å². The van der Waals surface area contributed by atoms with Crippen LogP contribution < -0.4 is 4.31 Å². The van der Waals surface area contributed by atoms with Gasteiger partial charge in [0.25, 0.3) is 5.91 Å². The number of sulfonamides is 1. The van der Waals surface area contributed by atoms with Crippen molar-refractivity contribution in [1.82, 2.24) is 4.90 Å². The Hall–Kier alpha value is -1.56. The highest BCUT2D eigenvalue weighted by molar-refractivity contribution is 7.93. The summed E-state index contributed by atoms with van der Waals surface area (Å²) in [5, 5.41) is 0. The van der Waals surface area contributed by atoms with E-state index in [1.807, 2.05) is 0 Å². The topological polar surface area (TPSA) is 57.7 Å². The fourth-order valence-electron chi connectivity index (χ4n) is 4.66. The number of rotatable bonds is 5. The summed E-state index contributed by atoms with van der Waals surface area (Å²) >= 11 is 0. The van der Waals surface area contributed by atoms with Gasteiger partial charge < -0.3 is 4.90 Å². The van der Waals surface area contributed by atoms with Gasteiger partial charge in [-0.15, -0.1) is 0 Å². The van der Waals surface area contributed by atoms with Crippen molar-refractivity contribution in [2.45, 2.75) is 70.4 Å². The minimum Gasteiger partial charge on any atom is -0.333 e. The Bertz CT molecular complexity index is 778. The molecule has 1 aromatic carbocycles. The number of benzene rings is 1. The quantitative estimate of drug-likeness (QED) is 0.768. The van der Waals surface area contributed by atoms with E-state index in [0.29, 0.717) is 36.3 Å². The molecule has 0 N–H and O–H groups in total. The predicted molar refractivity (Wildman–Crippen MR) is 107 cm³/mol. The van der Waals surface area contributed by atoms with Crippen molar-refractivity contribution < 1.29 is 13.2 Å². The van der Waals surface area contributed by atoms with Crippen molar-refractivity contribution in [2.24, 2.45) is 5.92 Å². The Morgan fingerprint density at radius 1 is 1.04 bits per heavy atom.